The van der Waals surface area contributed by atoms with Crippen LogP contribution >= 0.6 is 0 Å². The highest BCUT2D eigenvalue weighted by atomic mass is 19.4. The van der Waals surface area contributed by atoms with Crippen LogP contribution in [0.2, 0.25) is 0 Å². The molecule has 1 aromatic carbocycles. The van der Waals surface area contributed by atoms with Gasteiger partial charge in [-0.05, 0) is 43.5 Å². The molecule has 3 heterocycles. The van der Waals surface area contributed by atoms with Gasteiger partial charge in [-0.3, -0.25) is 9.78 Å². The maximum absolute atomic E-state index is 12.8. The van der Waals surface area contributed by atoms with Crippen molar-refractivity contribution in [3.63, 3.8) is 0 Å². The van der Waals surface area contributed by atoms with Gasteiger partial charge in [0, 0.05) is 36.0 Å². The van der Waals surface area contributed by atoms with Gasteiger partial charge in [0.05, 0.1) is 35.9 Å². The first kappa shape index (κ1) is 24.3. The summed E-state index contributed by atoms with van der Waals surface area (Å²) in [5, 5.41) is 23.4. The first-order valence-electron chi connectivity index (χ1n) is 11.7. The van der Waals surface area contributed by atoms with Crippen LogP contribution in [-0.4, -0.2) is 49.4 Å². The van der Waals surface area contributed by atoms with Gasteiger partial charge in [0.15, 0.2) is 17.2 Å². The predicted molar refractivity (Wildman–Crippen MR) is 132 cm³/mol. The zero-order chi connectivity index (χ0) is 26.2. The first-order valence-corrected chi connectivity index (χ1v) is 11.7. The summed E-state index contributed by atoms with van der Waals surface area (Å²) in [5.41, 5.74) is 3.63. The number of rotatable bonds is 8. The van der Waals surface area contributed by atoms with E-state index in [9.17, 15) is 23.1 Å². The third kappa shape index (κ3) is 5.57. The highest BCUT2D eigenvalue weighted by molar-refractivity contribution is 5.96. The molecule has 1 aliphatic carbocycles. The van der Waals surface area contributed by atoms with Crippen molar-refractivity contribution in [1.82, 2.24) is 24.9 Å². The fraction of sp³-hybridized carbons (Fsp3) is 0.280. The molecule has 1 aliphatic rings. The van der Waals surface area contributed by atoms with Gasteiger partial charge in [-0.25, -0.2) is 9.50 Å². The third-order valence-corrected chi connectivity index (χ3v) is 5.93. The second-order valence-corrected chi connectivity index (χ2v) is 8.91. The lowest BCUT2D eigenvalue weighted by molar-refractivity contribution is -0.131. The second kappa shape index (κ2) is 9.60. The molecular formula is C25H24F3N7O2. The number of pyridine rings is 1. The van der Waals surface area contributed by atoms with Crippen LogP contribution in [0, 0.1) is 6.92 Å². The highest BCUT2D eigenvalue weighted by Crippen LogP contribution is 2.31. The van der Waals surface area contributed by atoms with E-state index in [0.29, 0.717) is 28.3 Å². The summed E-state index contributed by atoms with van der Waals surface area (Å²) in [7, 11) is 0. The number of benzene rings is 1. The van der Waals surface area contributed by atoms with Crippen LogP contribution in [0.25, 0.3) is 16.9 Å². The quantitative estimate of drug-likeness (QED) is 0.268. The number of hydrogen-bond acceptors (Lipinski definition) is 7. The van der Waals surface area contributed by atoms with Gasteiger partial charge in [-0.15, -0.1) is 5.10 Å². The van der Waals surface area contributed by atoms with Crippen molar-refractivity contribution in [3.05, 3.63) is 60.0 Å². The molecule has 0 atom stereocenters. The Morgan fingerprint density at radius 1 is 1.16 bits per heavy atom. The lowest BCUT2D eigenvalue weighted by atomic mass is 10.0. The van der Waals surface area contributed by atoms with Crippen LogP contribution < -0.4 is 16.0 Å². The largest absolute Gasteiger partial charge is 0.504 e. The summed E-state index contributed by atoms with van der Waals surface area (Å²) in [6, 6.07) is 8.68. The standard InChI is InChI=1S/C25H24F3N7O2/c1-14-10-15(2-5-17(14)24(37)32-16-3-4-16)20-12-31-23-19(30-9-7-25(26,27)28)11-22(34-35(20)23)33-18-6-8-29-13-21(18)36/h2,5-6,8,10-13,16,30,36H,3-4,7,9H2,1H3,(H,32,37)(H,29,33,34). The van der Waals surface area contributed by atoms with Crippen LogP contribution in [0.1, 0.15) is 35.2 Å². The number of imidazole rings is 1. The predicted octanol–water partition coefficient (Wildman–Crippen LogP) is 4.81. The number of aryl methyl sites for hydroxylation is 1. The molecule has 0 aliphatic heterocycles. The van der Waals surface area contributed by atoms with Gasteiger partial charge in [-0.2, -0.15) is 13.2 Å². The minimum atomic E-state index is -4.31. The molecular weight excluding hydrogens is 487 g/mol. The molecule has 1 amide bonds. The maximum atomic E-state index is 12.8. The van der Waals surface area contributed by atoms with Crippen molar-refractivity contribution in [2.24, 2.45) is 0 Å². The number of halogens is 3. The van der Waals surface area contributed by atoms with Crippen LogP contribution in [-0.2, 0) is 0 Å². The van der Waals surface area contributed by atoms with Crippen LogP contribution in [0.4, 0.5) is 30.4 Å². The Kier molecular flexibility index (Phi) is 6.32. The topological polar surface area (TPSA) is 116 Å². The fourth-order valence-electron chi connectivity index (χ4n) is 3.89. The molecule has 9 nitrogen and oxygen atoms in total. The summed E-state index contributed by atoms with van der Waals surface area (Å²) in [6.45, 7) is 1.49. The van der Waals surface area contributed by atoms with E-state index in [4.69, 9.17) is 0 Å². The monoisotopic (exact) mass is 511 g/mol. The van der Waals surface area contributed by atoms with Gasteiger partial charge in [0.1, 0.15) is 0 Å². The lowest BCUT2D eigenvalue weighted by Gasteiger charge is -2.14. The molecule has 0 radical (unpaired) electrons. The molecule has 1 fully saturated rings. The van der Waals surface area contributed by atoms with Gasteiger partial charge >= 0.3 is 6.18 Å². The average Bonchev–Trinajstić information content (AvgIpc) is 3.54. The zero-order valence-electron chi connectivity index (χ0n) is 19.8. The number of carbonyl (C=O) groups is 1. The summed E-state index contributed by atoms with van der Waals surface area (Å²) < 4.78 is 39.8. The normalized spacial score (nSPS) is 13.5. The summed E-state index contributed by atoms with van der Waals surface area (Å²) in [6.07, 6.45) is 0.958. The molecule has 3 aromatic heterocycles. The smallest absolute Gasteiger partial charge is 0.390 e. The maximum Gasteiger partial charge on any atom is 0.390 e. The molecule has 4 aromatic rings. The molecule has 37 heavy (non-hydrogen) atoms. The number of carbonyl (C=O) groups excluding carboxylic acids is 1. The van der Waals surface area contributed by atoms with Gasteiger partial charge in [0.2, 0.25) is 0 Å². The van der Waals surface area contributed by atoms with Gasteiger partial charge in [-0.1, -0.05) is 6.07 Å². The molecule has 0 spiro atoms. The molecule has 0 unspecified atom stereocenters. The van der Waals surface area contributed by atoms with Crippen molar-refractivity contribution < 1.29 is 23.1 Å². The van der Waals surface area contributed by atoms with Crippen molar-refractivity contribution in [1.29, 1.82) is 0 Å². The van der Waals surface area contributed by atoms with Crippen molar-refractivity contribution in [3.8, 4) is 17.0 Å². The first-order chi connectivity index (χ1) is 17.7. The number of anilines is 3. The molecule has 1 saturated carbocycles. The minimum Gasteiger partial charge on any atom is -0.504 e. The van der Waals surface area contributed by atoms with Crippen molar-refractivity contribution in [2.75, 3.05) is 17.2 Å². The fourth-order valence-corrected chi connectivity index (χ4v) is 3.89. The molecule has 192 valence electrons. The summed E-state index contributed by atoms with van der Waals surface area (Å²) >= 11 is 0. The van der Waals surface area contributed by atoms with Crippen LogP contribution in [0.5, 0.6) is 5.75 Å². The molecule has 12 heteroatoms. The second-order valence-electron chi connectivity index (χ2n) is 8.91. The van der Waals surface area contributed by atoms with E-state index in [1.165, 1.54) is 23.0 Å². The van der Waals surface area contributed by atoms with Crippen molar-refractivity contribution >= 4 is 28.7 Å². The van der Waals surface area contributed by atoms with Crippen LogP contribution in [0.3, 0.4) is 0 Å². The Hall–Kier alpha value is -4.35. The van der Waals surface area contributed by atoms with E-state index >= 15 is 0 Å². The highest BCUT2D eigenvalue weighted by Gasteiger charge is 2.27. The molecule has 5 rings (SSSR count). The van der Waals surface area contributed by atoms with E-state index in [-0.39, 0.29) is 30.1 Å². The van der Waals surface area contributed by atoms with E-state index in [1.54, 1.807) is 24.4 Å². The Morgan fingerprint density at radius 3 is 2.68 bits per heavy atom. The number of fused-ring (bicyclic) bond motifs is 1. The molecule has 0 saturated heterocycles. The Labute approximate surface area is 209 Å². The number of nitrogens with one attached hydrogen (secondary N) is 3. The summed E-state index contributed by atoms with van der Waals surface area (Å²) in [4.78, 5) is 20.8. The van der Waals surface area contributed by atoms with E-state index in [2.05, 4.69) is 31.0 Å². The number of alkyl halides is 3. The number of amides is 1. The van der Waals surface area contributed by atoms with Crippen LogP contribution in [0.15, 0.2) is 48.9 Å². The van der Waals surface area contributed by atoms with Gasteiger partial charge < -0.3 is 21.1 Å². The Balaban J connectivity index is 1.52. The Morgan fingerprint density at radius 2 is 1.97 bits per heavy atom. The summed E-state index contributed by atoms with van der Waals surface area (Å²) in [5.74, 6) is 0.0278. The SMILES string of the molecule is Cc1cc(-c2cnc3c(NCCC(F)(F)F)cc(Nc4ccncc4O)nn23)ccc1C(=O)NC1CC1. The number of nitrogens with zero attached hydrogens (tertiary/aromatic N) is 4. The van der Waals surface area contributed by atoms with Crippen molar-refractivity contribution in [2.45, 2.75) is 38.4 Å². The number of aromatic nitrogens is 4. The van der Waals surface area contributed by atoms with E-state index in [0.717, 1.165) is 24.0 Å². The Bertz CT molecular complexity index is 1460. The van der Waals surface area contributed by atoms with E-state index < -0.39 is 12.6 Å². The molecule has 4 N–H and O–H groups in total. The third-order valence-electron chi connectivity index (χ3n) is 5.93. The van der Waals surface area contributed by atoms with E-state index in [1.807, 2.05) is 13.0 Å². The number of hydrogen-bond donors (Lipinski definition) is 4. The lowest BCUT2D eigenvalue weighted by Crippen LogP contribution is -2.26. The average molecular weight is 512 g/mol. The number of aromatic hydroxyl groups is 1. The molecule has 0 bridgehead atoms. The minimum absolute atomic E-state index is 0.113. The van der Waals surface area contributed by atoms with Gasteiger partial charge in [0.25, 0.3) is 5.91 Å². The zero-order valence-corrected chi connectivity index (χ0v) is 19.8.